The minimum absolute atomic E-state index is 0.0181. The summed E-state index contributed by atoms with van der Waals surface area (Å²) in [5.41, 5.74) is 2.21. The topological polar surface area (TPSA) is 102 Å². The maximum Gasteiger partial charge on any atom is 0.306 e. The number of halogens is 2. The van der Waals surface area contributed by atoms with Gasteiger partial charge in [0.1, 0.15) is 11.6 Å². The van der Waals surface area contributed by atoms with Crippen molar-refractivity contribution in [2.24, 2.45) is 0 Å². The number of fused-ring (bicyclic) bond motifs is 1. The van der Waals surface area contributed by atoms with E-state index in [0.717, 1.165) is 0 Å². The van der Waals surface area contributed by atoms with Crippen LogP contribution in [0.3, 0.4) is 0 Å². The first-order valence-corrected chi connectivity index (χ1v) is 12.9. The molecule has 5 rings (SSSR count). The van der Waals surface area contributed by atoms with Gasteiger partial charge in [-0.3, -0.25) is 19.4 Å². The van der Waals surface area contributed by atoms with E-state index in [1.165, 1.54) is 24.4 Å². The second kappa shape index (κ2) is 11.2. The van der Waals surface area contributed by atoms with E-state index in [1.54, 1.807) is 51.9 Å². The SMILES string of the molecule is O=C(O)CCOc1ccccc1-c1ccc(C(=O)N2CCC(n3c(=O)ccc4ncc(Cl)cc43)CC2)c(F)c1. The first kappa shape index (κ1) is 26.4. The van der Waals surface area contributed by atoms with E-state index in [4.69, 9.17) is 21.4 Å². The lowest BCUT2D eigenvalue weighted by Crippen LogP contribution is -2.41. The van der Waals surface area contributed by atoms with Gasteiger partial charge in [0.25, 0.3) is 11.5 Å². The Kier molecular flexibility index (Phi) is 7.60. The fourth-order valence-electron chi connectivity index (χ4n) is 4.92. The minimum Gasteiger partial charge on any atom is -0.492 e. The number of amides is 1. The molecular formula is C29H25ClFN3O5. The third kappa shape index (κ3) is 5.63. The molecule has 0 saturated carbocycles. The zero-order valence-electron chi connectivity index (χ0n) is 20.8. The molecule has 2 aromatic heterocycles. The molecule has 0 bridgehead atoms. The number of likely N-dealkylation sites (tertiary alicyclic amines) is 1. The first-order valence-electron chi connectivity index (χ1n) is 12.5. The van der Waals surface area contributed by atoms with Gasteiger partial charge in [-0.15, -0.1) is 0 Å². The number of carboxylic acid groups (broad SMARTS) is 1. The molecule has 2 aromatic carbocycles. The Morgan fingerprint density at radius 1 is 1.08 bits per heavy atom. The number of carboxylic acids is 1. The summed E-state index contributed by atoms with van der Waals surface area (Å²) in [4.78, 5) is 42.6. The molecule has 4 aromatic rings. The summed E-state index contributed by atoms with van der Waals surface area (Å²) >= 11 is 6.13. The van der Waals surface area contributed by atoms with E-state index in [0.29, 0.717) is 58.9 Å². The maximum absolute atomic E-state index is 15.2. The molecule has 1 N–H and O–H groups in total. The molecule has 0 unspecified atom stereocenters. The Bertz CT molecular complexity index is 1610. The zero-order valence-corrected chi connectivity index (χ0v) is 21.6. The van der Waals surface area contributed by atoms with Gasteiger partial charge in [-0.25, -0.2) is 4.39 Å². The molecule has 1 aliphatic rings. The summed E-state index contributed by atoms with van der Waals surface area (Å²) in [5.74, 6) is -1.63. The molecule has 200 valence electrons. The number of aromatic nitrogens is 2. The number of carbonyl (C=O) groups excluding carboxylic acids is 1. The fourth-order valence-corrected chi connectivity index (χ4v) is 5.07. The highest BCUT2D eigenvalue weighted by atomic mass is 35.5. The van der Waals surface area contributed by atoms with Crippen LogP contribution in [-0.4, -0.2) is 51.1 Å². The molecule has 3 heterocycles. The minimum atomic E-state index is -0.976. The van der Waals surface area contributed by atoms with E-state index < -0.39 is 17.7 Å². The van der Waals surface area contributed by atoms with Crippen LogP contribution in [0.4, 0.5) is 4.39 Å². The third-order valence-corrected chi connectivity index (χ3v) is 7.04. The van der Waals surface area contributed by atoms with Gasteiger partial charge in [0, 0.05) is 37.0 Å². The van der Waals surface area contributed by atoms with Crippen molar-refractivity contribution in [3.8, 4) is 16.9 Å². The molecule has 0 radical (unpaired) electrons. The average Bonchev–Trinajstić information content (AvgIpc) is 2.93. The van der Waals surface area contributed by atoms with Gasteiger partial charge in [-0.1, -0.05) is 35.9 Å². The van der Waals surface area contributed by atoms with Crippen molar-refractivity contribution < 1.29 is 23.8 Å². The molecule has 8 nitrogen and oxygen atoms in total. The molecular weight excluding hydrogens is 525 g/mol. The molecule has 1 fully saturated rings. The Hall–Kier alpha value is -4.24. The Morgan fingerprint density at radius 3 is 2.59 bits per heavy atom. The molecule has 1 aliphatic heterocycles. The lowest BCUT2D eigenvalue weighted by Gasteiger charge is -2.33. The van der Waals surface area contributed by atoms with Gasteiger partial charge >= 0.3 is 5.97 Å². The fraction of sp³-hybridized carbons (Fsp3) is 0.241. The number of carbonyl (C=O) groups is 2. The van der Waals surface area contributed by atoms with Crippen molar-refractivity contribution >= 4 is 34.5 Å². The lowest BCUT2D eigenvalue weighted by molar-refractivity contribution is -0.137. The van der Waals surface area contributed by atoms with Crippen LogP contribution in [0.15, 0.2) is 71.7 Å². The standard InChI is InChI=1S/C29H25ClFN3O5/c30-19-16-25-24(32-17-19)7-8-27(35)34(25)20-9-12-33(13-10-20)29(38)22-6-5-18(15-23(22)31)21-3-1-2-4-26(21)39-14-11-28(36)37/h1-8,15-17,20H,9-14H2,(H,36,37). The highest BCUT2D eigenvalue weighted by molar-refractivity contribution is 6.31. The Morgan fingerprint density at radius 2 is 1.85 bits per heavy atom. The van der Waals surface area contributed by atoms with E-state index in [9.17, 15) is 14.4 Å². The first-order chi connectivity index (χ1) is 18.8. The van der Waals surface area contributed by atoms with Gasteiger partial charge in [0.2, 0.25) is 0 Å². The summed E-state index contributed by atoms with van der Waals surface area (Å²) in [6.07, 6.45) is 2.42. The molecule has 1 amide bonds. The van der Waals surface area contributed by atoms with Gasteiger partial charge in [-0.05, 0) is 48.7 Å². The second-order valence-corrected chi connectivity index (χ2v) is 9.74. The summed E-state index contributed by atoms with van der Waals surface area (Å²) in [5, 5.41) is 9.29. The van der Waals surface area contributed by atoms with Crippen LogP contribution in [0.25, 0.3) is 22.2 Å². The molecule has 10 heteroatoms. The number of benzene rings is 2. The van der Waals surface area contributed by atoms with Crippen molar-refractivity contribution in [3.63, 3.8) is 0 Å². The number of ether oxygens (including phenoxy) is 1. The molecule has 0 aliphatic carbocycles. The predicted molar refractivity (Wildman–Crippen MR) is 145 cm³/mol. The number of rotatable bonds is 7. The molecule has 1 saturated heterocycles. The predicted octanol–water partition coefficient (Wildman–Crippen LogP) is 5.19. The number of piperidine rings is 1. The maximum atomic E-state index is 15.2. The van der Waals surface area contributed by atoms with E-state index >= 15 is 4.39 Å². The highest BCUT2D eigenvalue weighted by Gasteiger charge is 2.27. The van der Waals surface area contributed by atoms with Crippen LogP contribution in [-0.2, 0) is 4.79 Å². The van der Waals surface area contributed by atoms with Crippen LogP contribution in [0, 0.1) is 5.82 Å². The number of aliphatic carboxylic acids is 1. The number of hydrogen-bond donors (Lipinski definition) is 1. The number of para-hydroxylation sites is 1. The van der Waals surface area contributed by atoms with Crippen molar-refractivity contribution in [1.82, 2.24) is 14.5 Å². The smallest absolute Gasteiger partial charge is 0.306 e. The van der Waals surface area contributed by atoms with Crippen molar-refractivity contribution in [2.75, 3.05) is 19.7 Å². The van der Waals surface area contributed by atoms with Gasteiger partial charge in [0.05, 0.1) is 34.6 Å². The van der Waals surface area contributed by atoms with Crippen LogP contribution in [0.2, 0.25) is 5.02 Å². The van der Waals surface area contributed by atoms with Crippen molar-refractivity contribution in [3.05, 3.63) is 93.6 Å². The zero-order chi connectivity index (χ0) is 27.5. The molecule has 0 spiro atoms. The van der Waals surface area contributed by atoms with Crippen molar-refractivity contribution in [1.29, 1.82) is 0 Å². The van der Waals surface area contributed by atoms with Crippen LogP contribution < -0.4 is 10.3 Å². The summed E-state index contributed by atoms with van der Waals surface area (Å²) in [6.45, 7) is 0.708. The van der Waals surface area contributed by atoms with E-state index in [1.807, 2.05) is 0 Å². The number of pyridine rings is 2. The van der Waals surface area contributed by atoms with Gasteiger partial charge < -0.3 is 19.3 Å². The third-order valence-electron chi connectivity index (χ3n) is 6.83. The largest absolute Gasteiger partial charge is 0.492 e. The Labute approximate surface area is 228 Å². The lowest BCUT2D eigenvalue weighted by atomic mass is 10.00. The molecule has 39 heavy (non-hydrogen) atoms. The normalized spacial score (nSPS) is 13.9. The highest BCUT2D eigenvalue weighted by Crippen LogP contribution is 2.32. The Balaban J connectivity index is 1.31. The number of hydrogen-bond acceptors (Lipinski definition) is 5. The number of nitrogens with zero attached hydrogens (tertiary/aromatic N) is 3. The van der Waals surface area contributed by atoms with Crippen LogP contribution in [0.5, 0.6) is 5.75 Å². The monoisotopic (exact) mass is 549 g/mol. The van der Waals surface area contributed by atoms with Crippen LogP contribution in [0.1, 0.15) is 35.7 Å². The van der Waals surface area contributed by atoms with Crippen molar-refractivity contribution in [2.45, 2.75) is 25.3 Å². The summed E-state index contributed by atoms with van der Waals surface area (Å²) in [6, 6.07) is 16.0. The summed E-state index contributed by atoms with van der Waals surface area (Å²) in [7, 11) is 0. The second-order valence-electron chi connectivity index (χ2n) is 9.31. The van der Waals surface area contributed by atoms with E-state index in [-0.39, 0.29) is 30.2 Å². The average molecular weight is 550 g/mol. The van der Waals surface area contributed by atoms with Gasteiger partial charge in [-0.2, -0.15) is 0 Å². The van der Waals surface area contributed by atoms with E-state index in [2.05, 4.69) is 4.98 Å². The quantitative estimate of drug-likeness (QED) is 0.340. The summed E-state index contributed by atoms with van der Waals surface area (Å²) < 4.78 is 22.5. The molecule has 0 atom stereocenters. The van der Waals surface area contributed by atoms with Gasteiger partial charge in [0.15, 0.2) is 0 Å². The van der Waals surface area contributed by atoms with Crippen LogP contribution >= 0.6 is 11.6 Å².